The van der Waals surface area contributed by atoms with Crippen molar-refractivity contribution in [2.24, 2.45) is 11.3 Å². The maximum absolute atomic E-state index is 13.3. The number of rotatable bonds is 3. The zero-order valence-electron chi connectivity index (χ0n) is 16.6. The van der Waals surface area contributed by atoms with E-state index in [4.69, 9.17) is 0 Å². The van der Waals surface area contributed by atoms with Crippen molar-refractivity contribution in [3.05, 3.63) is 54.0 Å². The fourth-order valence-corrected chi connectivity index (χ4v) is 4.24. The molecular formula is C20H21N5O3S. The summed E-state index contributed by atoms with van der Waals surface area (Å²) >= 11 is 0. The molecule has 1 fully saturated rings. The first-order valence-electron chi connectivity index (χ1n) is 9.16. The lowest BCUT2D eigenvalue weighted by atomic mass is 9.75. The van der Waals surface area contributed by atoms with E-state index in [9.17, 15) is 13.2 Å². The van der Waals surface area contributed by atoms with Crippen LogP contribution in [0.3, 0.4) is 0 Å². The first-order valence-corrected chi connectivity index (χ1v) is 11.1. The molecule has 0 N–H and O–H groups in total. The molecule has 1 atom stereocenters. The molecule has 9 heteroatoms. The van der Waals surface area contributed by atoms with E-state index in [-0.39, 0.29) is 22.7 Å². The first-order chi connectivity index (χ1) is 13.6. The molecule has 150 valence electrons. The van der Waals surface area contributed by atoms with Gasteiger partial charge < -0.3 is 0 Å². The number of aryl methyl sites for hydroxylation is 1. The van der Waals surface area contributed by atoms with Crippen LogP contribution in [0.1, 0.15) is 31.7 Å². The summed E-state index contributed by atoms with van der Waals surface area (Å²) in [5, 5.41) is -0.164. The van der Waals surface area contributed by atoms with Gasteiger partial charge in [-0.1, -0.05) is 19.9 Å². The quantitative estimate of drug-likeness (QED) is 0.763. The van der Waals surface area contributed by atoms with E-state index in [0.29, 0.717) is 12.2 Å². The van der Waals surface area contributed by atoms with Crippen LogP contribution < -0.4 is 4.90 Å². The molecular weight excluding hydrogens is 390 g/mol. The molecule has 4 rings (SSSR count). The second-order valence-corrected chi connectivity index (χ2v) is 9.85. The zero-order valence-corrected chi connectivity index (χ0v) is 17.4. The van der Waals surface area contributed by atoms with E-state index in [0.717, 1.165) is 23.1 Å². The maximum Gasteiger partial charge on any atom is 0.238 e. The molecule has 0 bridgehead atoms. The second kappa shape index (κ2) is 6.55. The van der Waals surface area contributed by atoms with Crippen molar-refractivity contribution < 1.29 is 13.2 Å². The van der Waals surface area contributed by atoms with Crippen LogP contribution in [0.5, 0.6) is 0 Å². The number of sulfone groups is 1. The molecule has 2 aromatic rings. The van der Waals surface area contributed by atoms with Crippen molar-refractivity contribution in [1.29, 1.82) is 0 Å². The molecule has 1 unspecified atom stereocenters. The largest absolute Gasteiger partial charge is 0.273 e. The number of carbonyl (C=O) groups is 1. The van der Waals surface area contributed by atoms with E-state index in [1.165, 1.54) is 17.3 Å². The molecule has 2 aliphatic rings. The standard InChI is InChI=1S/C20H21N5O3S/c1-12-22-8-14(9-23-12)13-5-6-15-16(7-13)25(19(26)20(15,2)3)17-10-21-11-18(24-17)29(4,27)28/h5,7-11,15H,6H2,1-4H3. The van der Waals surface area contributed by atoms with Crippen molar-refractivity contribution in [1.82, 2.24) is 19.9 Å². The van der Waals surface area contributed by atoms with Gasteiger partial charge in [0.1, 0.15) is 5.82 Å². The van der Waals surface area contributed by atoms with Gasteiger partial charge >= 0.3 is 0 Å². The van der Waals surface area contributed by atoms with E-state index >= 15 is 0 Å². The van der Waals surface area contributed by atoms with Gasteiger partial charge in [0.15, 0.2) is 20.7 Å². The Morgan fingerprint density at radius 3 is 2.48 bits per heavy atom. The Balaban J connectivity index is 1.82. The van der Waals surface area contributed by atoms with Gasteiger partial charge in [-0.2, -0.15) is 0 Å². The summed E-state index contributed by atoms with van der Waals surface area (Å²) in [4.78, 5) is 31.5. The highest BCUT2D eigenvalue weighted by Crippen LogP contribution is 2.50. The third-order valence-electron chi connectivity index (χ3n) is 5.44. The Morgan fingerprint density at radius 2 is 1.83 bits per heavy atom. The predicted octanol–water partition coefficient (Wildman–Crippen LogP) is 2.34. The molecule has 8 nitrogen and oxygen atoms in total. The number of amides is 1. The maximum atomic E-state index is 13.3. The molecule has 1 saturated heterocycles. The fraction of sp³-hybridized carbons (Fsp3) is 0.350. The molecule has 0 saturated carbocycles. The van der Waals surface area contributed by atoms with E-state index in [2.05, 4.69) is 26.0 Å². The SMILES string of the molecule is Cc1ncc(C2=CCC3C(=C2)N(c2cncc(S(C)(=O)=O)n2)C(=O)C3(C)C)cn1. The third-order valence-corrected chi connectivity index (χ3v) is 6.40. The number of allylic oxidation sites excluding steroid dienone is 4. The number of nitrogens with zero attached hydrogens (tertiary/aromatic N) is 5. The number of hydrogen-bond donors (Lipinski definition) is 0. The van der Waals surface area contributed by atoms with Crippen molar-refractivity contribution in [2.45, 2.75) is 32.2 Å². The summed E-state index contributed by atoms with van der Waals surface area (Å²) in [5.41, 5.74) is 1.90. The minimum atomic E-state index is -3.55. The number of aromatic nitrogens is 4. The Morgan fingerprint density at radius 1 is 1.14 bits per heavy atom. The summed E-state index contributed by atoms with van der Waals surface area (Å²) in [7, 11) is -3.55. The van der Waals surface area contributed by atoms with Crippen LogP contribution in [0.2, 0.25) is 0 Å². The fourth-order valence-electron chi connectivity index (χ4n) is 3.73. The Labute approximate surface area is 169 Å². The van der Waals surface area contributed by atoms with Gasteiger partial charge in [-0.15, -0.1) is 0 Å². The summed E-state index contributed by atoms with van der Waals surface area (Å²) in [6, 6.07) is 0. The monoisotopic (exact) mass is 411 g/mol. The van der Waals surface area contributed by atoms with E-state index < -0.39 is 15.3 Å². The topological polar surface area (TPSA) is 106 Å². The second-order valence-electron chi connectivity index (χ2n) is 7.89. The van der Waals surface area contributed by atoms with Crippen molar-refractivity contribution in [3.8, 4) is 0 Å². The van der Waals surface area contributed by atoms with Crippen LogP contribution >= 0.6 is 0 Å². The zero-order chi connectivity index (χ0) is 21.0. The molecule has 2 aromatic heterocycles. The molecule has 0 spiro atoms. The van der Waals surface area contributed by atoms with Crippen LogP contribution in [0.25, 0.3) is 5.57 Å². The van der Waals surface area contributed by atoms with Gasteiger partial charge in [0, 0.05) is 35.8 Å². The van der Waals surface area contributed by atoms with Crippen molar-refractivity contribution >= 4 is 27.1 Å². The lowest BCUT2D eigenvalue weighted by Gasteiger charge is -2.25. The highest BCUT2D eigenvalue weighted by atomic mass is 32.2. The van der Waals surface area contributed by atoms with Crippen LogP contribution in [-0.4, -0.2) is 40.5 Å². The highest BCUT2D eigenvalue weighted by molar-refractivity contribution is 7.90. The first kappa shape index (κ1) is 19.4. The Bertz CT molecular complexity index is 1170. The van der Waals surface area contributed by atoms with Gasteiger partial charge in [0.05, 0.1) is 17.8 Å². The number of fused-ring (bicyclic) bond motifs is 1. The molecule has 0 aromatic carbocycles. The average molecular weight is 411 g/mol. The number of hydrogen-bond acceptors (Lipinski definition) is 7. The molecule has 29 heavy (non-hydrogen) atoms. The third kappa shape index (κ3) is 3.25. The van der Waals surface area contributed by atoms with Gasteiger partial charge in [0.2, 0.25) is 5.91 Å². The summed E-state index contributed by atoms with van der Waals surface area (Å²) < 4.78 is 23.8. The van der Waals surface area contributed by atoms with Gasteiger partial charge in [-0.05, 0) is 25.0 Å². The Kier molecular flexibility index (Phi) is 4.38. The summed E-state index contributed by atoms with van der Waals surface area (Å²) in [5.74, 6) is 0.709. The smallest absolute Gasteiger partial charge is 0.238 e. The lowest BCUT2D eigenvalue weighted by molar-refractivity contribution is -0.125. The van der Waals surface area contributed by atoms with Crippen LogP contribution in [0.4, 0.5) is 5.82 Å². The van der Waals surface area contributed by atoms with E-state index in [1.807, 2.05) is 26.8 Å². The van der Waals surface area contributed by atoms with Crippen LogP contribution in [0.15, 0.2) is 47.7 Å². The minimum Gasteiger partial charge on any atom is -0.273 e. The molecule has 1 aliphatic carbocycles. The summed E-state index contributed by atoms with van der Waals surface area (Å²) in [6.45, 7) is 5.62. The molecule has 1 aliphatic heterocycles. The van der Waals surface area contributed by atoms with Crippen molar-refractivity contribution in [2.75, 3.05) is 11.2 Å². The molecule has 3 heterocycles. The average Bonchev–Trinajstić information content (AvgIpc) is 2.87. The van der Waals surface area contributed by atoms with Crippen LogP contribution in [0, 0.1) is 18.3 Å². The highest BCUT2D eigenvalue weighted by Gasteiger charge is 2.52. The van der Waals surface area contributed by atoms with Crippen LogP contribution in [-0.2, 0) is 14.6 Å². The minimum absolute atomic E-state index is 0.0474. The van der Waals surface area contributed by atoms with Gasteiger partial charge in [-0.25, -0.2) is 23.4 Å². The molecule has 1 amide bonds. The van der Waals surface area contributed by atoms with E-state index in [1.54, 1.807) is 12.4 Å². The number of anilines is 1. The van der Waals surface area contributed by atoms with Gasteiger partial charge in [-0.3, -0.25) is 14.7 Å². The molecule has 0 radical (unpaired) electrons. The lowest BCUT2D eigenvalue weighted by Crippen LogP contribution is -2.32. The summed E-state index contributed by atoms with van der Waals surface area (Å²) in [6.07, 6.45) is 11.9. The normalized spacial score (nSPS) is 20.9. The Hall–Kier alpha value is -2.94. The van der Waals surface area contributed by atoms with Crippen molar-refractivity contribution in [3.63, 3.8) is 0 Å². The number of carbonyl (C=O) groups excluding carboxylic acids is 1. The predicted molar refractivity (Wildman–Crippen MR) is 107 cm³/mol. The van der Waals surface area contributed by atoms with Gasteiger partial charge in [0.25, 0.3) is 0 Å².